The van der Waals surface area contributed by atoms with Gasteiger partial charge in [-0.2, -0.15) is 0 Å². The first-order valence-electron chi connectivity index (χ1n) is 5.94. The summed E-state index contributed by atoms with van der Waals surface area (Å²) in [6.45, 7) is 0. The molecule has 0 aliphatic heterocycles. The normalized spacial score (nSPS) is 17.0. The van der Waals surface area contributed by atoms with E-state index in [1.54, 1.807) is 7.11 Å². The second-order valence-electron chi connectivity index (χ2n) is 4.74. The van der Waals surface area contributed by atoms with E-state index >= 15 is 0 Å². The van der Waals surface area contributed by atoms with Gasteiger partial charge in [-0.3, -0.25) is 4.79 Å². The molecule has 0 spiro atoms. The lowest BCUT2D eigenvalue weighted by Crippen LogP contribution is -2.42. The third-order valence-corrected chi connectivity index (χ3v) is 3.38. The molecule has 3 N–H and O–H groups in total. The fourth-order valence-electron chi connectivity index (χ4n) is 2.21. The van der Waals surface area contributed by atoms with Crippen molar-refractivity contribution in [1.29, 1.82) is 0 Å². The lowest BCUT2D eigenvalue weighted by atomic mass is 9.77. The Bertz CT molecular complexity index is 433. The van der Waals surface area contributed by atoms with Crippen LogP contribution in [0.15, 0.2) is 18.2 Å². The van der Waals surface area contributed by atoms with Gasteiger partial charge in [0.2, 0.25) is 5.91 Å². The standard InChI is InChI=1S/C13H17FN2O2/c1-18-13(3-2-4-13)8-12(17)16-11-6-9(14)5-10(15)7-11/h5-7H,2-4,8,15H2,1H3,(H,16,17). The Morgan fingerprint density at radius 1 is 1.50 bits per heavy atom. The van der Waals surface area contributed by atoms with E-state index in [1.165, 1.54) is 18.2 Å². The van der Waals surface area contributed by atoms with E-state index in [1.807, 2.05) is 0 Å². The molecule has 0 bridgehead atoms. The van der Waals surface area contributed by atoms with E-state index in [4.69, 9.17) is 10.5 Å². The van der Waals surface area contributed by atoms with Crippen LogP contribution in [0.5, 0.6) is 0 Å². The van der Waals surface area contributed by atoms with Crippen molar-refractivity contribution < 1.29 is 13.9 Å². The smallest absolute Gasteiger partial charge is 0.227 e. The molecule has 0 atom stereocenters. The van der Waals surface area contributed by atoms with E-state index in [2.05, 4.69) is 5.32 Å². The molecule has 1 fully saturated rings. The molecular weight excluding hydrogens is 235 g/mol. The zero-order chi connectivity index (χ0) is 13.2. The average molecular weight is 252 g/mol. The number of carbonyl (C=O) groups is 1. The maximum absolute atomic E-state index is 13.1. The van der Waals surface area contributed by atoms with Crippen LogP contribution in [0.4, 0.5) is 15.8 Å². The quantitative estimate of drug-likeness (QED) is 0.808. The highest BCUT2D eigenvalue weighted by molar-refractivity contribution is 5.91. The molecule has 0 unspecified atom stereocenters. The number of nitrogens with two attached hydrogens (primary N) is 1. The van der Waals surface area contributed by atoms with Gasteiger partial charge in [0.1, 0.15) is 5.82 Å². The molecule has 1 amide bonds. The molecule has 98 valence electrons. The molecule has 1 aromatic carbocycles. The summed E-state index contributed by atoms with van der Waals surface area (Å²) in [5, 5.41) is 2.64. The Morgan fingerprint density at radius 2 is 2.22 bits per heavy atom. The van der Waals surface area contributed by atoms with E-state index in [-0.39, 0.29) is 17.2 Å². The molecule has 1 aromatic rings. The van der Waals surface area contributed by atoms with Crippen LogP contribution in [0.3, 0.4) is 0 Å². The minimum Gasteiger partial charge on any atom is -0.399 e. The third-order valence-electron chi connectivity index (χ3n) is 3.38. The Balaban J connectivity index is 1.98. The van der Waals surface area contributed by atoms with Gasteiger partial charge in [-0.05, 0) is 37.5 Å². The summed E-state index contributed by atoms with van der Waals surface area (Å²) in [6, 6.07) is 3.98. The highest BCUT2D eigenvalue weighted by atomic mass is 19.1. The topological polar surface area (TPSA) is 64.3 Å². The first-order valence-corrected chi connectivity index (χ1v) is 5.94. The molecule has 18 heavy (non-hydrogen) atoms. The zero-order valence-electron chi connectivity index (χ0n) is 10.3. The molecule has 0 heterocycles. The number of rotatable bonds is 4. The molecular formula is C13H17FN2O2. The largest absolute Gasteiger partial charge is 0.399 e. The number of benzene rings is 1. The summed E-state index contributed by atoms with van der Waals surface area (Å²) in [5.41, 5.74) is 5.84. The summed E-state index contributed by atoms with van der Waals surface area (Å²) >= 11 is 0. The van der Waals surface area contributed by atoms with Crippen molar-refractivity contribution in [2.75, 3.05) is 18.2 Å². The van der Waals surface area contributed by atoms with Crippen LogP contribution in [0.2, 0.25) is 0 Å². The maximum atomic E-state index is 13.1. The van der Waals surface area contributed by atoms with Gasteiger partial charge in [-0.25, -0.2) is 4.39 Å². The molecule has 0 radical (unpaired) electrons. The predicted molar refractivity (Wildman–Crippen MR) is 67.7 cm³/mol. The monoisotopic (exact) mass is 252 g/mol. The summed E-state index contributed by atoms with van der Waals surface area (Å²) in [5.74, 6) is -0.642. The highest BCUT2D eigenvalue weighted by Crippen LogP contribution is 2.38. The van der Waals surface area contributed by atoms with Crippen molar-refractivity contribution in [2.24, 2.45) is 0 Å². The summed E-state index contributed by atoms with van der Waals surface area (Å²) < 4.78 is 18.5. The number of carbonyl (C=O) groups excluding carboxylic acids is 1. The van der Waals surface area contributed by atoms with Gasteiger partial charge in [0.05, 0.1) is 12.0 Å². The summed E-state index contributed by atoms with van der Waals surface area (Å²) in [6.07, 6.45) is 3.15. The van der Waals surface area contributed by atoms with Gasteiger partial charge >= 0.3 is 0 Å². The Labute approximate surface area is 105 Å². The SMILES string of the molecule is COC1(CC(=O)Nc2cc(N)cc(F)c2)CCC1. The number of hydrogen-bond donors (Lipinski definition) is 2. The molecule has 0 aromatic heterocycles. The Hall–Kier alpha value is -1.62. The molecule has 5 heteroatoms. The van der Waals surface area contributed by atoms with Crippen LogP contribution in [-0.4, -0.2) is 18.6 Å². The lowest BCUT2D eigenvalue weighted by molar-refractivity contribution is -0.129. The number of methoxy groups -OCH3 is 1. The first-order chi connectivity index (χ1) is 8.53. The molecule has 2 rings (SSSR count). The lowest BCUT2D eigenvalue weighted by Gasteiger charge is -2.39. The second kappa shape index (κ2) is 4.94. The van der Waals surface area contributed by atoms with E-state index in [0.29, 0.717) is 12.1 Å². The minimum atomic E-state index is -0.463. The van der Waals surface area contributed by atoms with Crippen LogP contribution >= 0.6 is 0 Å². The number of ether oxygens (including phenoxy) is 1. The van der Waals surface area contributed by atoms with Crippen LogP contribution in [0.25, 0.3) is 0 Å². The van der Waals surface area contributed by atoms with Crippen LogP contribution in [0.1, 0.15) is 25.7 Å². The minimum absolute atomic E-state index is 0.179. The predicted octanol–water partition coefficient (Wildman–Crippen LogP) is 2.31. The second-order valence-corrected chi connectivity index (χ2v) is 4.74. The average Bonchev–Trinajstić information content (AvgIpc) is 2.21. The number of hydrogen-bond acceptors (Lipinski definition) is 3. The molecule has 4 nitrogen and oxygen atoms in total. The van der Waals surface area contributed by atoms with Crippen LogP contribution in [0, 0.1) is 5.82 Å². The van der Waals surface area contributed by atoms with Crippen molar-refractivity contribution in [3.8, 4) is 0 Å². The van der Waals surface area contributed by atoms with Gasteiger partial charge in [-0.1, -0.05) is 0 Å². The Morgan fingerprint density at radius 3 is 2.72 bits per heavy atom. The van der Waals surface area contributed by atoms with Gasteiger partial charge in [0.25, 0.3) is 0 Å². The zero-order valence-corrected chi connectivity index (χ0v) is 10.3. The molecule has 0 saturated heterocycles. The number of nitrogen functional groups attached to an aromatic ring is 1. The van der Waals surface area contributed by atoms with Crippen LogP contribution < -0.4 is 11.1 Å². The summed E-state index contributed by atoms with van der Waals surface area (Å²) in [7, 11) is 1.62. The fourth-order valence-corrected chi connectivity index (χ4v) is 2.21. The van der Waals surface area contributed by atoms with E-state index < -0.39 is 5.82 Å². The van der Waals surface area contributed by atoms with Crippen molar-refractivity contribution in [3.05, 3.63) is 24.0 Å². The van der Waals surface area contributed by atoms with Gasteiger partial charge in [-0.15, -0.1) is 0 Å². The Kier molecular flexibility index (Phi) is 3.52. The number of amides is 1. The van der Waals surface area contributed by atoms with E-state index in [0.717, 1.165) is 19.3 Å². The van der Waals surface area contributed by atoms with Crippen molar-refractivity contribution in [1.82, 2.24) is 0 Å². The van der Waals surface area contributed by atoms with Crippen molar-refractivity contribution in [3.63, 3.8) is 0 Å². The first kappa shape index (κ1) is 12.8. The van der Waals surface area contributed by atoms with E-state index in [9.17, 15) is 9.18 Å². The van der Waals surface area contributed by atoms with Crippen molar-refractivity contribution in [2.45, 2.75) is 31.3 Å². The summed E-state index contributed by atoms with van der Waals surface area (Å²) in [4.78, 5) is 11.8. The van der Waals surface area contributed by atoms with Crippen molar-refractivity contribution >= 4 is 17.3 Å². The number of halogens is 1. The van der Waals surface area contributed by atoms with Gasteiger partial charge in [0, 0.05) is 18.5 Å². The maximum Gasteiger partial charge on any atom is 0.227 e. The molecule has 1 saturated carbocycles. The number of nitrogens with one attached hydrogen (secondary N) is 1. The number of anilines is 2. The fraction of sp³-hybridized carbons (Fsp3) is 0.462. The van der Waals surface area contributed by atoms with Crippen LogP contribution in [-0.2, 0) is 9.53 Å². The highest BCUT2D eigenvalue weighted by Gasteiger charge is 2.38. The molecule has 1 aliphatic rings. The van der Waals surface area contributed by atoms with Gasteiger partial charge < -0.3 is 15.8 Å². The van der Waals surface area contributed by atoms with Gasteiger partial charge in [0.15, 0.2) is 0 Å². The third kappa shape index (κ3) is 2.79. The molecule has 1 aliphatic carbocycles.